The number of nitrogens with two attached hydrogens (primary N) is 1. The zero-order chi connectivity index (χ0) is 19.1. The highest BCUT2D eigenvalue weighted by molar-refractivity contribution is 6.26. The molecule has 1 aromatic heterocycles. The lowest BCUT2D eigenvalue weighted by atomic mass is 10.2. The average molecular weight is 368 g/mol. The summed E-state index contributed by atoms with van der Waals surface area (Å²) in [5.41, 5.74) is 8.27. The fraction of sp³-hybridized carbons (Fsp3) is 0.158. The molecule has 0 fully saturated rings. The minimum absolute atomic E-state index is 0.0584. The van der Waals surface area contributed by atoms with E-state index in [2.05, 4.69) is 9.97 Å². The average Bonchev–Trinajstić information content (AvgIpc) is 3.20. The summed E-state index contributed by atoms with van der Waals surface area (Å²) in [6, 6.07) is 9.46. The number of nitrogens with one attached hydrogen (secondary N) is 1. The van der Waals surface area contributed by atoms with Gasteiger partial charge in [0.05, 0.1) is 37.5 Å². The van der Waals surface area contributed by atoms with Crippen LogP contribution < -0.4 is 20.1 Å². The van der Waals surface area contributed by atoms with Gasteiger partial charge in [-0.2, -0.15) is 0 Å². The number of hydrogen-bond acceptors (Lipinski definition) is 6. The summed E-state index contributed by atoms with van der Waals surface area (Å²) in [7, 11) is 3.09. The molecule has 0 bridgehead atoms. The van der Waals surface area contributed by atoms with Crippen LogP contribution in [-0.4, -0.2) is 36.5 Å². The molecule has 138 valence electrons. The number of aromatic nitrogens is 2. The smallest absolute Gasteiger partial charge is 0.189 e. The number of carbonyl (C=O) groups excluding carboxylic acids is 1. The van der Waals surface area contributed by atoms with E-state index in [-0.39, 0.29) is 23.7 Å². The number of benzene rings is 2. The van der Waals surface area contributed by atoms with Crippen LogP contribution in [0.25, 0.3) is 16.6 Å². The summed E-state index contributed by atoms with van der Waals surface area (Å²) in [5.74, 6) is 1.15. The molecule has 0 aliphatic carbocycles. The summed E-state index contributed by atoms with van der Waals surface area (Å²) in [6.45, 7) is 0.0584. The number of aromatic amines is 1. The topological polar surface area (TPSA) is 93.5 Å². The van der Waals surface area contributed by atoms with Crippen LogP contribution in [0.5, 0.6) is 11.5 Å². The van der Waals surface area contributed by atoms with E-state index >= 15 is 0 Å². The Morgan fingerprint density at radius 1 is 1.15 bits per heavy atom. The minimum atomic E-state index is -0.398. The van der Waals surface area contributed by atoms with Gasteiger partial charge in [-0.1, -0.05) is 0 Å². The molecule has 0 saturated heterocycles. The molecule has 3 aromatic rings. The first kappa shape index (κ1) is 16.9. The van der Waals surface area contributed by atoms with Crippen LogP contribution in [0.15, 0.2) is 42.2 Å². The first-order chi connectivity index (χ1) is 13.0. The molecule has 0 unspecified atom stereocenters. The fourth-order valence-electron chi connectivity index (χ4n) is 3.11. The number of halogens is 1. The van der Waals surface area contributed by atoms with Crippen molar-refractivity contribution in [2.24, 2.45) is 5.73 Å². The molecule has 4 rings (SSSR count). The van der Waals surface area contributed by atoms with Gasteiger partial charge in [0.15, 0.2) is 5.78 Å². The number of rotatable bonds is 4. The van der Waals surface area contributed by atoms with Crippen molar-refractivity contribution in [1.82, 2.24) is 9.97 Å². The predicted molar refractivity (Wildman–Crippen MR) is 99.1 cm³/mol. The zero-order valence-electron chi connectivity index (χ0n) is 14.7. The highest BCUT2D eigenvalue weighted by Gasteiger charge is 2.32. The number of ether oxygens (including phenoxy) is 2. The second kappa shape index (κ2) is 6.31. The molecule has 2 heterocycles. The van der Waals surface area contributed by atoms with Gasteiger partial charge in [0.2, 0.25) is 0 Å². The van der Waals surface area contributed by atoms with Gasteiger partial charge in [0.25, 0.3) is 0 Å². The van der Waals surface area contributed by atoms with Crippen molar-refractivity contribution >= 4 is 28.1 Å². The SMILES string of the molecule is COc1cc(OC)cc(N2CC(=O)C(c3nc4cc(F)ccc4[nH]3)=C2N)c1. The second-order valence-corrected chi connectivity index (χ2v) is 6.09. The van der Waals surface area contributed by atoms with E-state index in [0.29, 0.717) is 34.0 Å². The maximum atomic E-state index is 13.4. The molecule has 0 atom stereocenters. The highest BCUT2D eigenvalue weighted by atomic mass is 19.1. The van der Waals surface area contributed by atoms with Crippen molar-refractivity contribution in [2.45, 2.75) is 0 Å². The molecule has 1 aliphatic rings. The van der Waals surface area contributed by atoms with Gasteiger partial charge >= 0.3 is 0 Å². The third kappa shape index (κ3) is 2.84. The van der Waals surface area contributed by atoms with Crippen molar-refractivity contribution in [3.8, 4) is 11.5 Å². The summed E-state index contributed by atoms with van der Waals surface area (Å²) in [5, 5.41) is 0. The molecular weight excluding hydrogens is 351 g/mol. The van der Waals surface area contributed by atoms with Crippen molar-refractivity contribution in [3.63, 3.8) is 0 Å². The number of anilines is 1. The fourth-order valence-corrected chi connectivity index (χ4v) is 3.11. The summed E-state index contributed by atoms with van der Waals surface area (Å²) < 4.78 is 24.0. The first-order valence-electron chi connectivity index (χ1n) is 8.19. The van der Waals surface area contributed by atoms with E-state index < -0.39 is 5.82 Å². The first-order valence-corrected chi connectivity index (χ1v) is 8.19. The molecule has 27 heavy (non-hydrogen) atoms. The second-order valence-electron chi connectivity index (χ2n) is 6.09. The number of carbonyl (C=O) groups is 1. The third-order valence-electron chi connectivity index (χ3n) is 4.46. The number of nitrogens with zero attached hydrogens (tertiary/aromatic N) is 2. The van der Waals surface area contributed by atoms with Crippen molar-refractivity contribution in [3.05, 3.63) is 53.9 Å². The van der Waals surface area contributed by atoms with Crippen LogP contribution >= 0.6 is 0 Å². The zero-order valence-corrected chi connectivity index (χ0v) is 14.7. The van der Waals surface area contributed by atoms with Crippen LogP contribution in [0.2, 0.25) is 0 Å². The Kier molecular flexibility index (Phi) is 3.95. The normalized spacial score (nSPS) is 14.3. The number of ketones is 1. The number of methoxy groups -OCH3 is 2. The van der Waals surface area contributed by atoms with Gasteiger partial charge in [0.1, 0.15) is 34.5 Å². The van der Waals surface area contributed by atoms with E-state index in [1.165, 1.54) is 12.1 Å². The molecule has 0 radical (unpaired) electrons. The quantitative estimate of drug-likeness (QED) is 0.735. The maximum absolute atomic E-state index is 13.4. The van der Waals surface area contributed by atoms with Gasteiger partial charge in [-0.15, -0.1) is 0 Å². The Hall–Kier alpha value is -3.55. The minimum Gasteiger partial charge on any atom is -0.497 e. The van der Waals surface area contributed by atoms with Crippen LogP contribution in [0.4, 0.5) is 10.1 Å². The monoisotopic (exact) mass is 368 g/mol. The van der Waals surface area contributed by atoms with E-state index in [1.807, 2.05) is 0 Å². The molecule has 2 aromatic carbocycles. The Bertz CT molecular complexity index is 1070. The summed E-state index contributed by atoms with van der Waals surface area (Å²) in [4.78, 5) is 21.7. The number of imidazole rings is 1. The van der Waals surface area contributed by atoms with E-state index in [4.69, 9.17) is 15.2 Å². The van der Waals surface area contributed by atoms with Gasteiger partial charge in [0, 0.05) is 24.3 Å². The van der Waals surface area contributed by atoms with E-state index in [1.54, 1.807) is 43.4 Å². The number of fused-ring (bicyclic) bond motifs is 1. The Morgan fingerprint density at radius 3 is 2.52 bits per heavy atom. The van der Waals surface area contributed by atoms with Gasteiger partial charge in [-0.3, -0.25) is 4.79 Å². The molecule has 3 N–H and O–H groups in total. The standard InChI is InChI=1S/C19H17FN4O3/c1-26-12-6-11(7-13(8-12)27-2)24-9-16(25)17(18(24)21)19-22-14-4-3-10(20)5-15(14)23-19/h3-8H,9,21H2,1-2H3,(H,22,23). The third-order valence-corrected chi connectivity index (χ3v) is 4.46. The van der Waals surface area contributed by atoms with E-state index in [0.717, 1.165) is 0 Å². The van der Waals surface area contributed by atoms with Crippen molar-refractivity contribution in [1.29, 1.82) is 0 Å². The predicted octanol–water partition coefficient (Wildman–Crippen LogP) is 2.44. The lowest BCUT2D eigenvalue weighted by molar-refractivity contribution is -0.112. The lowest BCUT2D eigenvalue weighted by Crippen LogP contribution is -2.25. The van der Waals surface area contributed by atoms with Crippen LogP contribution in [-0.2, 0) is 4.79 Å². The summed E-state index contributed by atoms with van der Waals surface area (Å²) >= 11 is 0. The maximum Gasteiger partial charge on any atom is 0.189 e. The number of Topliss-reactive ketones (excluding diaryl/α,β-unsaturated/α-hetero) is 1. The molecule has 1 aliphatic heterocycles. The molecule has 0 saturated carbocycles. The van der Waals surface area contributed by atoms with Crippen LogP contribution in [0, 0.1) is 5.82 Å². The number of H-pyrrole nitrogens is 1. The van der Waals surface area contributed by atoms with E-state index in [9.17, 15) is 9.18 Å². The van der Waals surface area contributed by atoms with Crippen molar-refractivity contribution in [2.75, 3.05) is 25.7 Å². The van der Waals surface area contributed by atoms with Crippen molar-refractivity contribution < 1.29 is 18.7 Å². The molecule has 7 nitrogen and oxygen atoms in total. The molecular formula is C19H17FN4O3. The van der Waals surface area contributed by atoms with Gasteiger partial charge in [-0.05, 0) is 12.1 Å². The molecule has 0 spiro atoms. The van der Waals surface area contributed by atoms with Gasteiger partial charge in [-0.25, -0.2) is 9.37 Å². The molecule has 8 heteroatoms. The largest absolute Gasteiger partial charge is 0.497 e. The Morgan fingerprint density at radius 2 is 1.85 bits per heavy atom. The number of hydrogen-bond donors (Lipinski definition) is 2. The molecule has 0 amide bonds. The van der Waals surface area contributed by atoms with Crippen LogP contribution in [0.1, 0.15) is 5.82 Å². The van der Waals surface area contributed by atoms with Gasteiger partial charge < -0.3 is 25.1 Å². The lowest BCUT2D eigenvalue weighted by Gasteiger charge is -2.20. The highest BCUT2D eigenvalue weighted by Crippen LogP contribution is 2.34. The summed E-state index contributed by atoms with van der Waals surface area (Å²) in [6.07, 6.45) is 0. The Labute approximate surface area is 154 Å². The Balaban J connectivity index is 1.79. The van der Waals surface area contributed by atoms with Crippen LogP contribution in [0.3, 0.4) is 0 Å².